The van der Waals surface area contributed by atoms with Crippen LogP contribution in [0.4, 0.5) is 17.1 Å². The number of anilines is 3. The predicted molar refractivity (Wildman–Crippen MR) is 189 cm³/mol. The molecule has 54 heavy (non-hydrogen) atoms. The largest absolute Gasteiger partial charge is 1.00 e. The molecule has 0 unspecified atom stereocenters. The van der Waals surface area contributed by atoms with Crippen molar-refractivity contribution in [2.24, 2.45) is 0 Å². The maximum atomic E-state index is 11.4. The standard InChI is InChI=1S/C38H40N4O10.2K/c1-40(2)24-7-10-27-31(17-24)52-32-18-25(41(3)4)8-11-28(32)38(27)23-6-12-29(39-20-35(43)44)33(16-23)50-14-15-51-34-19-26(49-5)9-13-30(34)42(21-36(45)46)22-37(47)48;;/h6-13,16-19H,14-15,20-22H2,1-5H3,(H3,43,44,45,46,47,48);;/q;2*+1/p-2. The number of rotatable bonds is 16. The van der Waals surface area contributed by atoms with Crippen LogP contribution in [0.2, 0.25) is 0 Å². The molecular formula is C38H38K2N4O10. The Morgan fingerprint density at radius 1 is 0.796 bits per heavy atom. The zero-order chi connectivity index (χ0) is 37.5. The van der Waals surface area contributed by atoms with Gasteiger partial charge in [-0.2, -0.15) is 0 Å². The van der Waals surface area contributed by atoms with Gasteiger partial charge in [0, 0.05) is 54.5 Å². The number of hydrogen-bond acceptors (Lipinski definition) is 13. The molecule has 3 aromatic carbocycles. The van der Waals surface area contributed by atoms with Crippen LogP contribution in [0.1, 0.15) is 0 Å². The molecule has 16 heteroatoms. The zero-order valence-corrected chi connectivity index (χ0v) is 37.6. The molecule has 14 nitrogen and oxygen atoms in total. The molecular weight excluding hydrogens is 751 g/mol. The Morgan fingerprint density at radius 3 is 2.09 bits per heavy atom. The molecule has 0 atom stereocenters. The van der Waals surface area contributed by atoms with Gasteiger partial charge in [-0.05, 0) is 48.0 Å². The van der Waals surface area contributed by atoms with Crippen molar-refractivity contribution in [3.8, 4) is 39.7 Å². The maximum absolute atomic E-state index is 11.4. The zero-order valence-electron chi connectivity index (χ0n) is 31.4. The molecule has 0 spiro atoms. The number of nitrogens with zero attached hydrogens (tertiary/aromatic N) is 3. The Labute approximate surface area is 397 Å². The predicted octanol–water partition coefficient (Wildman–Crippen LogP) is -5.76. The van der Waals surface area contributed by atoms with Gasteiger partial charge in [0.05, 0.1) is 62.1 Å². The quantitative estimate of drug-likeness (QED) is 0.0433. The van der Waals surface area contributed by atoms with Crippen molar-refractivity contribution in [2.45, 2.75) is 0 Å². The number of carboxylic acids is 3. The third kappa shape index (κ3) is 11.4. The average molecular weight is 789 g/mol. The summed E-state index contributed by atoms with van der Waals surface area (Å²) < 4.78 is 25.8. The van der Waals surface area contributed by atoms with Crippen molar-refractivity contribution in [1.82, 2.24) is 4.58 Å². The van der Waals surface area contributed by atoms with Gasteiger partial charge in [-0.25, -0.2) is 4.58 Å². The molecule has 3 aromatic rings. The Bertz CT molecular complexity index is 2150. The Balaban J connectivity index is 0.00000392. The first-order chi connectivity index (χ1) is 24.8. The number of ether oxygens (including phenoxy) is 3. The average Bonchev–Trinajstić information content (AvgIpc) is 3.10. The smallest absolute Gasteiger partial charge is 0.548 e. The van der Waals surface area contributed by atoms with Gasteiger partial charge >= 0.3 is 103 Å². The first kappa shape index (κ1) is 45.2. The van der Waals surface area contributed by atoms with Crippen LogP contribution >= 0.6 is 0 Å². The van der Waals surface area contributed by atoms with E-state index in [-0.39, 0.29) is 127 Å². The van der Waals surface area contributed by atoms with Crippen molar-refractivity contribution in [2.75, 3.05) is 83.3 Å². The Morgan fingerprint density at radius 2 is 1.48 bits per heavy atom. The van der Waals surface area contributed by atoms with E-state index in [4.69, 9.17) is 18.6 Å². The van der Waals surface area contributed by atoms with Crippen molar-refractivity contribution in [3.63, 3.8) is 0 Å². The van der Waals surface area contributed by atoms with Crippen LogP contribution in [0.5, 0.6) is 17.2 Å². The molecule has 0 aromatic heterocycles. The molecule has 0 bridgehead atoms. The number of methoxy groups -OCH3 is 1. The Kier molecular flexibility index (Phi) is 17.3. The second-order valence-electron chi connectivity index (χ2n) is 12.2. The minimum absolute atomic E-state index is 0. The summed E-state index contributed by atoms with van der Waals surface area (Å²) >= 11 is 0. The fourth-order valence-electron chi connectivity index (χ4n) is 5.69. The van der Waals surface area contributed by atoms with Crippen LogP contribution in [0, 0.1) is 0 Å². The number of benzene rings is 4. The summed E-state index contributed by atoms with van der Waals surface area (Å²) in [6.45, 7) is -2.05. The van der Waals surface area contributed by atoms with E-state index in [0.717, 1.165) is 38.0 Å². The van der Waals surface area contributed by atoms with Gasteiger partial charge in [0.25, 0.3) is 0 Å². The van der Waals surface area contributed by atoms with Gasteiger partial charge in [0.2, 0.25) is 5.36 Å². The fourth-order valence-corrected chi connectivity index (χ4v) is 5.69. The molecule has 0 saturated heterocycles. The molecule has 0 fully saturated rings. The van der Waals surface area contributed by atoms with Gasteiger partial charge in [-0.1, -0.05) is 6.07 Å². The number of carbonyl (C=O) groups is 3. The van der Waals surface area contributed by atoms with Crippen molar-refractivity contribution < 1.29 is 151 Å². The summed E-state index contributed by atoms with van der Waals surface area (Å²) in [5, 5.41) is 38.8. The first-order valence-corrected chi connectivity index (χ1v) is 16.2. The van der Waals surface area contributed by atoms with Gasteiger partial charge in [0.1, 0.15) is 55.9 Å². The number of carbonyl (C=O) groups excluding carboxylic acids is 3. The van der Waals surface area contributed by atoms with Crippen LogP contribution in [-0.2, 0) is 14.4 Å². The molecule has 272 valence electrons. The number of carboxylic acid groups (broad SMARTS) is 3. The van der Waals surface area contributed by atoms with E-state index >= 15 is 0 Å². The van der Waals surface area contributed by atoms with Crippen LogP contribution < -0.4 is 157 Å². The molecule has 5 rings (SSSR count). The molecule has 1 aliphatic heterocycles. The third-order valence-corrected chi connectivity index (χ3v) is 8.16. The third-order valence-electron chi connectivity index (χ3n) is 8.16. The van der Waals surface area contributed by atoms with E-state index in [2.05, 4.69) is 5.32 Å². The summed E-state index contributed by atoms with van der Waals surface area (Å²) in [4.78, 5) is 37.2. The van der Waals surface area contributed by atoms with E-state index in [9.17, 15) is 29.7 Å². The molecule has 1 heterocycles. The maximum Gasteiger partial charge on any atom is 1.00 e. The number of nitrogens with one attached hydrogen (secondary N) is 1. The second kappa shape index (κ2) is 20.7. The van der Waals surface area contributed by atoms with Gasteiger partial charge in [-0.15, -0.1) is 0 Å². The van der Waals surface area contributed by atoms with E-state index in [1.54, 1.807) is 12.1 Å². The number of aliphatic carboxylic acids is 3. The minimum atomic E-state index is -1.49. The van der Waals surface area contributed by atoms with Gasteiger partial charge in [0.15, 0.2) is 0 Å². The first-order valence-electron chi connectivity index (χ1n) is 16.2. The van der Waals surface area contributed by atoms with Crippen LogP contribution in [0.15, 0.2) is 77.2 Å². The summed E-state index contributed by atoms with van der Waals surface area (Å²) in [6, 6.07) is 21.8. The summed E-state index contributed by atoms with van der Waals surface area (Å²) in [7, 11) is 9.23. The minimum Gasteiger partial charge on any atom is -0.548 e. The van der Waals surface area contributed by atoms with Gasteiger partial charge in [-0.3, -0.25) is 0 Å². The molecule has 0 saturated carbocycles. The molecule has 1 N–H and O–H groups in total. The monoisotopic (exact) mass is 788 g/mol. The molecule has 0 radical (unpaired) electrons. The number of hydrogen-bond donors (Lipinski definition) is 1. The van der Waals surface area contributed by atoms with Crippen molar-refractivity contribution >= 4 is 45.9 Å². The molecule has 2 aliphatic rings. The SMILES string of the molecule is COc1ccc(N(CC(=O)[O-])CC(=O)[O-])c(OCCOc2cc(-c3c4ccc(=[N+](C)C)cc-4oc4cc(N(C)C)ccc34)ccc2NCC(=O)[O-])c1.[K+].[K+]. The van der Waals surface area contributed by atoms with Crippen LogP contribution in [-0.4, -0.2) is 86.1 Å². The van der Waals surface area contributed by atoms with Crippen LogP contribution in [0.25, 0.3) is 33.4 Å². The second-order valence-corrected chi connectivity index (χ2v) is 12.2. The van der Waals surface area contributed by atoms with Gasteiger partial charge < -0.3 is 63.4 Å². The summed E-state index contributed by atoms with van der Waals surface area (Å²) in [6.07, 6.45) is 0. The number of fused-ring (bicyclic) bond motifs is 2. The van der Waals surface area contributed by atoms with Crippen molar-refractivity contribution in [3.05, 3.63) is 78.2 Å². The molecule has 1 aliphatic carbocycles. The van der Waals surface area contributed by atoms with E-state index in [1.807, 2.05) is 80.1 Å². The van der Waals surface area contributed by atoms with E-state index in [0.29, 0.717) is 28.5 Å². The summed E-state index contributed by atoms with van der Waals surface area (Å²) in [5.41, 5.74) is 4.67. The topological polar surface area (TPSA) is 183 Å². The normalized spacial score (nSPS) is 10.5. The van der Waals surface area contributed by atoms with Crippen molar-refractivity contribution in [1.29, 1.82) is 0 Å². The van der Waals surface area contributed by atoms with Crippen LogP contribution in [0.3, 0.4) is 0 Å². The van der Waals surface area contributed by atoms with E-state index < -0.39 is 37.5 Å². The molecule has 0 amide bonds. The fraction of sp³-hybridized carbons (Fsp3) is 0.263. The Hall–Kier alpha value is -3.17. The summed E-state index contributed by atoms with van der Waals surface area (Å²) in [5.74, 6) is -2.79. The van der Waals surface area contributed by atoms with E-state index in [1.165, 1.54) is 25.3 Å².